The molecule has 0 saturated heterocycles. The summed E-state index contributed by atoms with van der Waals surface area (Å²) in [6, 6.07) is 11.2. The first-order valence-electron chi connectivity index (χ1n) is 7.03. The molecular formula is C15H14ClN5OS. The van der Waals surface area contributed by atoms with Gasteiger partial charge in [-0.15, -0.1) is 21.5 Å². The number of hydrogen-bond acceptors (Lipinski definition) is 5. The Balaban J connectivity index is 1.50. The zero-order chi connectivity index (χ0) is 16.1. The number of aromatic nitrogens is 4. The molecule has 0 radical (unpaired) electrons. The normalized spacial score (nSPS) is 10.7. The van der Waals surface area contributed by atoms with Gasteiger partial charge < -0.3 is 5.32 Å². The molecule has 0 aliphatic heterocycles. The Morgan fingerprint density at radius 3 is 2.83 bits per heavy atom. The number of nitrogens with one attached hydrogen (secondary N) is 1. The van der Waals surface area contributed by atoms with E-state index in [1.165, 1.54) is 4.80 Å². The highest BCUT2D eigenvalue weighted by Gasteiger charge is 2.08. The Labute approximate surface area is 142 Å². The predicted molar refractivity (Wildman–Crippen MR) is 89.0 cm³/mol. The highest BCUT2D eigenvalue weighted by atomic mass is 35.5. The van der Waals surface area contributed by atoms with E-state index < -0.39 is 0 Å². The summed E-state index contributed by atoms with van der Waals surface area (Å²) in [5.74, 6) is 0.476. The van der Waals surface area contributed by atoms with E-state index in [-0.39, 0.29) is 5.91 Å². The van der Waals surface area contributed by atoms with Crippen LogP contribution in [0, 0.1) is 0 Å². The number of aryl methyl sites for hydroxylation is 1. The lowest BCUT2D eigenvalue weighted by Gasteiger charge is -2.02. The molecule has 8 heteroatoms. The van der Waals surface area contributed by atoms with Gasteiger partial charge in [0, 0.05) is 21.9 Å². The van der Waals surface area contributed by atoms with Crippen molar-refractivity contribution in [2.45, 2.75) is 19.5 Å². The Morgan fingerprint density at radius 1 is 1.26 bits per heavy atom. The molecule has 0 atom stereocenters. The molecule has 1 amide bonds. The van der Waals surface area contributed by atoms with Gasteiger partial charge in [-0.2, -0.15) is 4.80 Å². The maximum atomic E-state index is 11.8. The van der Waals surface area contributed by atoms with Crippen molar-refractivity contribution in [1.29, 1.82) is 0 Å². The van der Waals surface area contributed by atoms with Crippen molar-refractivity contribution in [1.82, 2.24) is 25.5 Å². The first kappa shape index (κ1) is 15.6. The van der Waals surface area contributed by atoms with Crippen molar-refractivity contribution in [3.63, 3.8) is 0 Å². The smallest absolute Gasteiger partial charge is 0.222 e. The molecule has 118 valence electrons. The molecular weight excluding hydrogens is 334 g/mol. The van der Waals surface area contributed by atoms with Gasteiger partial charge >= 0.3 is 0 Å². The molecule has 0 fully saturated rings. The molecule has 3 aromatic rings. The second-order valence-electron chi connectivity index (χ2n) is 4.82. The van der Waals surface area contributed by atoms with Crippen molar-refractivity contribution in [3.8, 4) is 11.4 Å². The van der Waals surface area contributed by atoms with Crippen LogP contribution in [-0.4, -0.2) is 26.1 Å². The molecule has 2 heterocycles. The summed E-state index contributed by atoms with van der Waals surface area (Å²) in [6.07, 6.45) is 0.307. The SMILES string of the molecule is O=C(CCn1nnc(-c2ccc(Cl)cc2)n1)NCc1cccs1. The molecule has 3 rings (SSSR count). The summed E-state index contributed by atoms with van der Waals surface area (Å²) < 4.78 is 0. The van der Waals surface area contributed by atoms with E-state index in [9.17, 15) is 4.79 Å². The third kappa shape index (κ3) is 4.37. The van der Waals surface area contributed by atoms with Gasteiger partial charge in [0.25, 0.3) is 0 Å². The zero-order valence-corrected chi connectivity index (χ0v) is 13.7. The number of hydrogen-bond donors (Lipinski definition) is 1. The average Bonchev–Trinajstić information content (AvgIpc) is 3.23. The monoisotopic (exact) mass is 347 g/mol. The minimum absolute atomic E-state index is 0.0382. The number of carbonyl (C=O) groups is 1. The van der Waals surface area contributed by atoms with Crippen LogP contribution in [0.2, 0.25) is 5.02 Å². The molecule has 23 heavy (non-hydrogen) atoms. The summed E-state index contributed by atoms with van der Waals surface area (Å²) in [5, 5.41) is 17.7. The largest absolute Gasteiger partial charge is 0.351 e. The molecule has 1 N–H and O–H groups in total. The Bertz CT molecular complexity index is 770. The van der Waals surface area contributed by atoms with Crippen LogP contribution in [0.25, 0.3) is 11.4 Å². The Hall–Kier alpha value is -2.25. The third-order valence-electron chi connectivity index (χ3n) is 3.13. The fraction of sp³-hybridized carbons (Fsp3) is 0.200. The molecule has 6 nitrogen and oxygen atoms in total. The van der Waals surface area contributed by atoms with Crippen LogP contribution in [0.4, 0.5) is 0 Å². The van der Waals surface area contributed by atoms with E-state index in [4.69, 9.17) is 11.6 Å². The Morgan fingerprint density at radius 2 is 2.09 bits per heavy atom. The van der Waals surface area contributed by atoms with E-state index in [0.29, 0.717) is 30.4 Å². The summed E-state index contributed by atoms with van der Waals surface area (Å²) >= 11 is 7.47. The van der Waals surface area contributed by atoms with E-state index >= 15 is 0 Å². The van der Waals surface area contributed by atoms with Crippen molar-refractivity contribution >= 4 is 28.8 Å². The van der Waals surface area contributed by atoms with E-state index in [0.717, 1.165) is 10.4 Å². The summed E-state index contributed by atoms with van der Waals surface area (Å²) in [5.41, 5.74) is 0.836. The maximum absolute atomic E-state index is 11.8. The Kier molecular flexibility index (Phi) is 4.99. The molecule has 0 unspecified atom stereocenters. The number of benzene rings is 1. The quantitative estimate of drug-likeness (QED) is 0.744. The van der Waals surface area contributed by atoms with Crippen LogP contribution in [0.5, 0.6) is 0 Å². The second-order valence-corrected chi connectivity index (χ2v) is 6.29. The number of halogens is 1. The minimum atomic E-state index is -0.0382. The minimum Gasteiger partial charge on any atom is -0.351 e. The first-order chi connectivity index (χ1) is 11.2. The summed E-state index contributed by atoms with van der Waals surface area (Å²) in [4.78, 5) is 14.4. The lowest BCUT2D eigenvalue weighted by molar-refractivity contribution is -0.121. The molecule has 0 spiro atoms. The van der Waals surface area contributed by atoms with Gasteiger partial charge in [-0.05, 0) is 40.9 Å². The topological polar surface area (TPSA) is 72.7 Å². The third-order valence-corrected chi connectivity index (χ3v) is 4.26. The van der Waals surface area contributed by atoms with Crippen LogP contribution < -0.4 is 5.32 Å². The number of rotatable bonds is 6. The number of tetrazole rings is 1. The fourth-order valence-corrected chi connectivity index (χ4v) is 2.71. The summed E-state index contributed by atoms with van der Waals surface area (Å²) in [7, 11) is 0. The van der Waals surface area contributed by atoms with Crippen LogP contribution in [-0.2, 0) is 17.9 Å². The standard InChI is InChI=1S/C15H14ClN5OS/c16-12-5-3-11(4-6-12)15-18-20-21(19-15)8-7-14(22)17-10-13-2-1-9-23-13/h1-6,9H,7-8,10H2,(H,17,22). The van der Waals surface area contributed by atoms with Crippen LogP contribution >= 0.6 is 22.9 Å². The predicted octanol–water partition coefficient (Wildman–Crippen LogP) is 2.76. The molecule has 2 aromatic heterocycles. The number of nitrogens with zero attached hydrogens (tertiary/aromatic N) is 4. The van der Waals surface area contributed by atoms with Gasteiger partial charge in [-0.25, -0.2) is 0 Å². The van der Waals surface area contributed by atoms with Crippen molar-refractivity contribution in [2.24, 2.45) is 0 Å². The lowest BCUT2D eigenvalue weighted by Crippen LogP contribution is -2.23. The van der Waals surface area contributed by atoms with Gasteiger partial charge in [-0.1, -0.05) is 17.7 Å². The van der Waals surface area contributed by atoms with Crippen LogP contribution in [0.1, 0.15) is 11.3 Å². The molecule has 1 aromatic carbocycles. The van der Waals surface area contributed by atoms with Gasteiger partial charge in [-0.3, -0.25) is 4.79 Å². The average molecular weight is 348 g/mol. The van der Waals surface area contributed by atoms with E-state index in [2.05, 4.69) is 20.7 Å². The number of thiophene rings is 1. The molecule has 0 saturated carbocycles. The first-order valence-corrected chi connectivity index (χ1v) is 8.29. The highest BCUT2D eigenvalue weighted by Crippen LogP contribution is 2.16. The molecule has 0 bridgehead atoms. The van der Waals surface area contributed by atoms with Crippen molar-refractivity contribution in [2.75, 3.05) is 0 Å². The van der Waals surface area contributed by atoms with Gasteiger partial charge in [0.05, 0.1) is 13.1 Å². The maximum Gasteiger partial charge on any atom is 0.222 e. The van der Waals surface area contributed by atoms with Gasteiger partial charge in [0.1, 0.15) is 0 Å². The molecule has 0 aliphatic rings. The zero-order valence-electron chi connectivity index (χ0n) is 12.1. The number of amides is 1. The van der Waals surface area contributed by atoms with Crippen LogP contribution in [0.3, 0.4) is 0 Å². The number of carbonyl (C=O) groups excluding carboxylic acids is 1. The second kappa shape index (κ2) is 7.34. The fourth-order valence-electron chi connectivity index (χ4n) is 1.94. The highest BCUT2D eigenvalue weighted by molar-refractivity contribution is 7.09. The molecule has 0 aliphatic carbocycles. The van der Waals surface area contributed by atoms with Gasteiger partial charge in [0.2, 0.25) is 11.7 Å². The summed E-state index contributed by atoms with van der Waals surface area (Å²) in [6.45, 7) is 0.939. The van der Waals surface area contributed by atoms with E-state index in [1.807, 2.05) is 29.6 Å². The van der Waals surface area contributed by atoms with Crippen molar-refractivity contribution < 1.29 is 4.79 Å². The van der Waals surface area contributed by atoms with Gasteiger partial charge in [0.15, 0.2) is 0 Å². The van der Waals surface area contributed by atoms with Crippen LogP contribution in [0.15, 0.2) is 41.8 Å². The van der Waals surface area contributed by atoms with E-state index in [1.54, 1.807) is 23.5 Å². The van der Waals surface area contributed by atoms with Crippen molar-refractivity contribution in [3.05, 3.63) is 51.7 Å². The lowest BCUT2D eigenvalue weighted by atomic mass is 10.2.